The first-order valence-electron chi connectivity index (χ1n) is 8.00. The van der Waals surface area contributed by atoms with Crippen LogP contribution in [0.2, 0.25) is 0 Å². The van der Waals surface area contributed by atoms with Crippen LogP contribution in [-0.2, 0) is 17.8 Å². The van der Waals surface area contributed by atoms with Crippen LogP contribution in [0, 0.1) is 0 Å². The molecule has 0 aromatic heterocycles. The monoisotopic (exact) mass is 326 g/mol. The van der Waals surface area contributed by atoms with Crippen LogP contribution in [0.25, 0.3) is 0 Å². The van der Waals surface area contributed by atoms with Gasteiger partial charge in [0.1, 0.15) is 0 Å². The largest absolute Gasteiger partial charge is 0.477 e. The summed E-state index contributed by atoms with van der Waals surface area (Å²) in [5.74, 6) is -0.467. The Balaban J connectivity index is 1.90. The number of carboxylic acids is 1. The molecule has 0 aliphatic carbocycles. The van der Waals surface area contributed by atoms with Crippen LogP contribution >= 0.6 is 0 Å². The second-order valence-electron chi connectivity index (χ2n) is 5.31. The predicted octanol–water partition coefficient (Wildman–Crippen LogP) is 3.25. The molecule has 0 amide bonds. The van der Waals surface area contributed by atoms with E-state index in [1.807, 2.05) is 36.4 Å². The Morgan fingerprint density at radius 2 is 1.83 bits per heavy atom. The number of oxime groups is 1. The molecule has 0 fully saturated rings. The van der Waals surface area contributed by atoms with Crippen LogP contribution in [0.4, 0.5) is 0 Å². The lowest BCUT2D eigenvalue weighted by Gasteiger charge is -2.09. The Bertz CT molecular complexity index is 684. The molecular weight excluding hydrogens is 304 g/mol. The van der Waals surface area contributed by atoms with Crippen molar-refractivity contribution in [2.45, 2.75) is 26.3 Å². The van der Waals surface area contributed by atoms with E-state index in [0.717, 1.165) is 25.1 Å². The number of para-hydroxylation sites is 1. The minimum Gasteiger partial charge on any atom is -0.477 e. The van der Waals surface area contributed by atoms with Crippen LogP contribution < -0.4 is 10.2 Å². The molecule has 0 saturated carbocycles. The van der Waals surface area contributed by atoms with Gasteiger partial charge in [0.05, 0.1) is 0 Å². The SMILES string of the molecule is CCC(=NOc1ccccc1CCNCc1ccccc1)C(=O)O. The third-order valence-corrected chi connectivity index (χ3v) is 3.55. The van der Waals surface area contributed by atoms with Crippen molar-refractivity contribution in [1.29, 1.82) is 0 Å². The number of rotatable bonds is 9. The van der Waals surface area contributed by atoms with Crippen LogP contribution in [0.3, 0.4) is 0 Å². The minimum atomic E-state index is -1.06. The fourth-order valence-corrected chi connectivity index (χ4v) is 2.21. The van der Waals surface area contributed by atoms with Crippen molar-refractivity contribution in [3.05, 3.63) is 65.7 Å². The Kier molecular flexibility index (Phi) is 6.98. The summed E-state index contributed by atoms with van der Waals surface area (Å²) < 4.78 is 0. The van der Waals surface area contributed by atoms with Crippen LogP contribution in [0.15, 0.2) is 59.8 Å². The maximum Gasteiger partial charge on any atom is 0.353 e. The van der Waals surface area contributed by atoms with E-state index < -0.39 is 5.97 Å². The molecule has 5 nitrogen and oxygen atoms in total. The molecule has 24 heavy (non-hydrogen) atoms. The summed E-state index contributed by atoms with van der Waals surface area (Å²) in [5.41, 5.74) is 2.23. The van der Waals surface area contributed by atoms with Gasteiger partial charge in [-0.2, -0.15) is 0 Å². The summed E-state index contributed by atoms with van der Waals surface area (Å²) >= 11 is 0. The smallest absolute Gasteiger partial charge is 0.353 e. The predicted molar refractivity (Wildman–Crippen MR) is 94.3 cm³/mol. The highest BCUT2D eigenvalue weighted by molar-refractivity contribution is 6.35. The molecule has 2 aromatic carbocycles. The van der Waals surface area contributed by atoms with Crippen molar-refractivity contribution in [3.8, 4) is 5.75 Å². The Labute approximate surface area is 142 Å². The molecule has 0 radical (unpaired) electrons. The zero-order valence-electron chi connectivity index (χ0n) is 13.7. The summed E-state index contributed by atoms with van der Waals surface area (Å²) in [4.78, 5) is 16.3. The summed E-state index contributed by atoms with van der Waals surface area (Å²) in [7, 11) is 0. The second kappa shape index (κ2) is 9.47. The van der Waals surface area contributed by atoms with E-state index in [1.165, 1.54) is 5.56 Å². The Hall–Kier alpha value is -2.66. The molecule has 5 heteroatoms. The fraction of sp³-hybridized carbons (Fsp3) is 0.263. The van der Waals surface area contributed by atoms with Gasteiger partial charge in [0.15, 0.2) is 11.5 Å². The highest BCUT2D eigenvalue weighted by atomic mass is 16.6. The zero-order chi connectivity index (χ0) is 17.2. The number of nitrogens with zero attached hydrogens (tertiary/aromatic N) is 1. The number of carboxylic acid groups (broad SMARTS) is 1. The summed E-state index contributed by atoms with van der Waals surface area (Å²) in [6.45, 7) is 3.33. The van der Waals surface area contributed by atoms with E-state index in [9.17, 15) is 4.79 Å². The molecule has 0 heterocycles. The maximum absolute atomic E-state index is 11.0. The lowest BCUT2D eigenvalue weighted by molar-refractivity contribution is -0.129. The van der Waals surface area contributed by atoms with Gasteiger partial charge in [-0.05, 0) is 36.6 Å². The lowest BCUT2D eigenvalue weighted by atomic mass is 10.1. The van der Waals surface area contributed by atoms with Crippen molar-refractivity contribution >= 4 is 11.7 Å². The lowest BCUT2D eigenvalue weighted by Crippen LogP contribution is -2.17. The Morgan fingerprint density at radius 1 is 1.12 bits per heavy atom. The zero-order valence-corrected chi connectivity index (χ0v) is 13.7. The maximum atomic E-state index is 11.0. The molecule has 0 aliphatic heterocycles. The van der Waals surface area contributed by atoms with Gasteiger partial charge in [-0.3, -0.25) is 0 Å². The van der Waals surface area contributed by atoms with Crippen LogP contribution in [0.5, 0.6) is 5.75 Å². The van der Waals surface area contributed by atoms with Gasteiger partial charge in [0, 0.05) is 6.54 Å². The standard InChI is InChI=1S/C19H22N2O3/c1-2-17(19(22)23)21-24-18-11-7-6-10-16(18)12-13-20-14-15-8-4-3-5-9-15/h3-11,20H,2,12-14H2,1H3,(H,22,23). The highest BCUT2D eigenvalue weighted by Gasteiger charge is 2.09. The van der Waals surface area contributed by atoms with Gasteiger partial charge in [0.25, 0.3) is 0 Å². The van der Waals surface area contributed by atoms with Gasteiger partial charge >= 0.3 is 5.97 Å². The van der Waals surface area contributed by atoms with Crippen molar-refractivity contribution < 1.29 is 14.7 Å². The van der Waals surface area contributed by atoms with Crippen molar-refractivity contribution in [2.24, 2.45) is 5.16 Å². The van der Waals surface area contributed by atoms with Crippen molar-refractivity contribution in [2.75, 3.05) is 6.54 Å². The minimum absolute atomic E-state index is 0.00649. The number of nitrogens with one attached hydrogen (secondary N) is 1. The third kappa shape index (κ3) is 5.52. The molecule has 0 saturated heterocycles. The molecule has 126 valence electrons. The number of hydrogen-bond acceptors (Lipinski definition) is 4. The van der Waals surface area contributed by atoms with E-state index in [0.29, 0.717) is 12.2 Å². The molecule has 2 aromatic rings. The highest BCUT2D eigenvalue weighted by Crippen LogP contribution is 2.18. The number of hydrogen-bond donors (Lipinski definition) is 2. The second-order valence-corrected chi connectivity index (χ2v) is 5.31. The molecule has 0 bridgehead atoms. The quantitative estimate of drug-likeness (QED) is 0.421. The molecular formula is C19H22N2O3. The van der Waals surface area contributed by atoms with Gasteiger partial charge in [-0.1, -0.05) is 60.6 Å². The number of aliphatic carboxylic acids is 1. The van der Waals surface area contributed by atoms with Crippen molar-refractivity contribution in [1.82, 2.24) is 5.32 Å². The molecule has 0 unspecified atom stereocenters. The van der Waals surface area contributed by atoms with Crippen LogP contribution in [0.1, 0.15) is 24.5 Å². The first-order valence-corrected chi connectivity index (χ1v) is 8.00. The number of carbonyl (C=O) groups is 1. The summed E-state index contributed by atoms with van der Waals surface area (Å²) in [5, 5.41) is 16.1. The average molecular weight is 326 g/mol. The van der Waals surface area contributed by atoms with E-state index in [-0.39, 0.29) is 5.71 Å². The first-order chi connectivity index (χ1) is 11.7. The molecule has 0 spiro atoms. The summed E-state index contributed by atoms with van der Waals surface area (Å²) in [6, 6.07) is 17.7. The van der Waals surface area contributed by atoms with Crippen LogP contribution in [-0.4, -0.2) is 23.3 Å². The van der Waals surface area contributed by atoms with Gasteiger partial charge in [0.2, 0.25) is 0 Å². The van der Waals surface area contributed by atoms with Gasteiger partial charge in [-0.25, -0.2) is 4.79 Å². The fourth-order valence-electron chi connectivity index (χ4n) is 2.21. The topological polar surface area (TPSA) is 70.9 Å². The van der Waals surface area contributed by atoms with E-state index in [4.69, 9.17) is 9.94 Å². The molecule has 2 N–H and O–H groups in total. The molecule has 0 aliphatic rings. The van der Waals surface area contributed by atoms with E-state index >= 15 is 0 Å². The third-order valence-electron chi connectivity index (χ3n) is 3.55. The van der Waals surface area contributed by atoms with Gasteiger partial charge < -0.3 is 15.3 Å². The molecule has 0 atom stereocenters. The first kappa shape index (κ1) is 17.7. The van der Waals surface area contributed by atoms with E-state index in [1.54, 1.807) is 13.0 Å². The van der Waals surface area contributed by atoms with Crippen molar-refractivity contribution in [3.63, 3.8) is 0 Å². The molecule has 2 rings (SSSR count). The normalized spacial score (nSPS) is 11.3. The van der Waals surface area contributed by atoms with E-state index in [2.05, 4.69) is 22.6 Å². The Morgan fingerprint density at radius 3 is 2.54 bits per heavy atom. The average Bonchev–Trinajstić information content (AvgIpc) is 2.61. The number of benzene rings is 2. The summed E-state index contributed by atoms with van der Waals surface area (Å²) in [6.07, 6.45) is 1.09. The van der Waals surface area contributed by atoms with Gasteiger partial charge in [-0.15, -0.1) is 0 Å².